The first-order valence-electron chi connectivity index (χ1n) is 7.56. The third-order valence-electron chi connectivity index (χ3n) is 3.54. The van der Waals surface area contributed by atoms with Crippen LogP contribution in [-0.4, -0.2) is 25.6 Å². The predicted octanol–water partition coefficient (Wildman–Crippen LogP) is 2.09. The summed E-state index contributed by atoms with van der Waals surface area (Å²) in [5.41, 5.74) is 1.59. The average Bonchev–Trinajstić information content (AvgIpc) is 3.10. The van der Waals surface area contributed by atoms with E-state index in [-0.39, 0.29) is 18.3 Å². The molecule has 0 spiro atoms. The number of nitrogens with zero attached hydrogens (tertiary/aromatic N) is 4. The van der Waals surface area contributed by atoms with Gasteiger partial charge in [-0.25, -0.2) is 0 Å². The second kappa shape index (κ2) is 7.35. The van der Waals surface area contributed by atoms with Crippen LogP contribution in [0.2, 0.25) is 0 Å². The van der Waals surface area contributed by atoms with Gasteiger partial charge in [-0.3, -0.25) is 9.78 Å². The van der Waals surface area contributed by atoms with Crippen LogP contribution in [0, 0.1) is 10.1 Å². The van der Waals surface area contributed by atoms with Gasteiger partial charge in [-0.1, -0.05) is 36.4 Å². The molecule has 1 atom stereocenters. The van der Waals surface area contributed by atoms with Gasteiger partial charge in [0.2, 0.25) is 5.91 Å². The van der Waals surface area contributed by atoms with Gasteiger partial charge in [0, 0.05) is 6.20 Å². The van der Waals surface area contributed by atoms with E-state index in [4.69, 9.17) is 0 Å². The third-order valence-corrected chi connectivity index (χ3v) is 3.54. The molecule has 0 bridgehead atoms. The second-order valence-corrected chi connectivity index (χ2v) is 5.29. The maximum absolute atomic E-state index is 12.4. The van der Waals surface area contributed by atoms with E-state index in [1.807, 2.05) is 42.5 Å². The summed E-state index contributed by atoms with van der Waals surface area (Å²) in [6.07, 6.45) is 3.06. The average molecular weight is 337 g/mol. The van der Waals surface area contributed by atoms with E-state index in [1.54, 1.807) is 12.3 Å². The summed E-state index contributed by atoms with van der Waals surface area (Å²) in [5.74, 6) is -0.616. The molecule has 8 nitrogen and oxygen atoms in total. The minimum atomic E-state index is -0.602. The lowest BCUT2D eigenvalue weighted by molar-refractivity contribution is -0.389. The van der Waals surface area contributed by atoms with Crippen molar-refractivity contribution in [2.45, 2.75) is 12.6 Å². The third kappa shape index (κ3) is 4.05. The van der Waals surface area contributed by atoms with Gasteiger partial charge < -0.3 is 15.4 Å². The zero-order chi connectivity index (χ0) is 17.6. The molecule has 0 aliphatic rings. The summed E-state index contributed by atoms with van der Waals surface area (Å²) in [4.78, 5) is 26.8. The molecule has 0 aliphatic heterocycles. The van der Waals surface area contributed by atoms with Crippen LogP contribution in [0.4, 0.5) is 5.82 Å². The van der Waals surface area contributed by atoms with Crippen molar-refractivity contribution in [1.82, 2.24) is 20.1 Å². The fourth-order valence-corrected chi connectivity index (χ4v) is 2.41. The lowest BCUT2D eigenvalue weighted by Gasteiger charge is -2.18. The van der Waals surface area contributed by atoms with Crippen LogP contribution in [0.15, 0.2) is 67.0 Å². The van der Waals surface area contributed by atoms with Crippen molar-refractivity contribution in [3.8, 4) is 0 Å². The van der Waals surface area contributed by atoms with E-state index in [0.717, 1.165) is 5.56 Å². The number of hydrogen-bond acceptors (Lipinski definition) is 5. The van der Waals surface area contributed by atoms with Crippen LogP contribution in [0.3, 0.4) is 0 Å². The summed E-state index contributed by atoms with van der Waals surface area (Å²) in [7, 11) is 0. The number of pyridine rings is 1. The Bertz CT molecular complexity index is 825. The molecule has 0 saturated heterocycles. The summed E-state index contributed by atoms with van der Waals surface area (Å²) in [6.45, 7) is -0.121. The first-order valence-corrected chi connectivity index (χ1v) is 7.56. The Morgan fingerprint density at radius 3 is 2.56 bits per heavy atom. The van der Waals surface area contributed by atoms with Gasteiger partial charge in [-0.2, -0.15) is 4.68 Å². The van der Waals surface area contributed by atoms with Crippen LogP contribution in [0.1, 0.15) is 17.3 Å². The van der Waals surface area contributed by atoms with Gasteiger partial charge in [0.25, 0.3) is 0 Å². The van der Waals surface area contributed by atoms with E-state index in [0.29, 0.717) is 5.69 Å². The molecule has 0 radical (unpaired) electrons. The molecule has 0 saturated carbocycles. The number of nitrogens with one attached hydrogen (secondary N) is 1. The fourth-order valence-electron chi connectivity index (χ4n) is 2.41. The lowest BCUT2D eigenvalue weighted by atomic mass is 10.0. The summed E-state index contributed by atoms with van der Waals surface area (Å²) < 4.78 is 1.23. The number of carbonyl (C=O) groups is 1. The molecular formula is C17H15N5O3. The van der Waals surface area contributed by atoms with Crippen LogP contribution < -0.4 is 5.32 Å². The molecule has 1 N–H and O–H groups in total. The number of amides is 1. The van der Waals surface area contributed by atoms with Crippen molar-refractivity contribution in [3.05, 3.63) is 88.4 Å². The van der Waals surface area contributed by atoms with E-state index >= 15 is 0 Å². The van der Waals surface area contributed by atoms with E-state index in [9.17, 15) is 14.9 Å². The highest BCUT2D eigenvalue weighted by atomic mass is 16.6. The zero-order valence-electron chi connectivity index (χ0n) is 13.1. The Hall–Kier alpha value is -3.55. The van der Waals surface area contributed by atoms with Crippen LogP contribution in [-0.2, 0) is 11.3 Å². The molecule has 3 rings (SSSR count). The maximum atomic E-state index is 12.4. The number of carbonyl (C=O) groups excluding carboxylic acids is 1. The highest BCUT2D eigenvalue weighted by Gasteiger charge is 2.19. The number of nitro groups is 1. The molecule has 2 aromatic heterocycles. The highest BCUT2D eigenvalue weighted by molar-refractivity contribution is 5.76. The predicted molar refractivity (Wildman–Crippen MR) is 89.5 cm³/mol. The smallest absolute Gasteiger partial charge is 0.358 e. The molecule has 1 amide bonds. The minimum absolute atomic E-state index is 0.121. The fraction of sp³-hybridized carbons (Fsp3) is 0.118. The Kier molecular flexibility index (Phi) is 4.79. The van der Waals surface area contributed by atoms with Crippen molar-refractivity contribution in [2.75, 3.05) is 0 Å². The normalized spacial score (nSPS) is 11.7. The van der Waals surface area contributed by atoms with Crippen molar-refractivity contribution >= 4 is 11.7 Å². The number of hydrogen-bond donors (Lipinski definition) is 1. The number of aromatic nitrogens is 3. The summed E-state index contributed by atoms with van der Waals surface area (Å²) >= 11 is 0. The van der Waals surface area contributed by atoms with E-state index in [2.05, 4.69) is 15.4 Å². The topological polar surface area (TPSA) is 103 Å². The molecular weight excluding hydrogens is 322 g/mol. The van der Waals surface area contributed by atoms with Gasteiger partial charge in [0.1, 0.15) is 6.54 Å². The summed E-state index contributed by atoms with van der Waals surface area (Å²) in [5, 5.41) is 17.3. The molecule has 1 aromatic carbocycles. The Morgan fingerprint density at radius 1 is 1.16 bits per heavy atom. The van der Waals surface area contributed by atoms with Gasteiger partial charge in [0.15, 0.2) is 0 Å². The quantitative estimate of drug-likeness (QED) is 0.548. The Labute approximate surface area is 143 Å². The standard InChI is InChI=1S/C17H15N5O3/c23-16(12-21-11-9-15(20-21)22(24)25)19-17(13-6-2-1-3-7-13)14-8-4-5-10-18-14/h1-11,17H,12H2,(H,19,23). The molecule has 2 heterocycles. The van der Waals surface area contributed by atoms with Crippen molar-refractivity contribution in [3.63, 3.8) is 0 Å². The maximum Gasteiger partial charge on any atom is 0.389 e. The summed E-state index contributed by atoms with van der Waals surface area (Å²) in [6, 6.07) is 15.8. The Balaban J connectivity index is 1.78. The van der Waals surface area contributed by atoms with Crippen LogP contribution in [0.5, 0.6) is 0 Å². The molecule has 0 fully saturated rings. The second-order valence-electron chi connectivity index (χ2n) is 5.29. The van der Waals surface area contributed by atoms with Gasteiger partial charge in [-0.05, 0) is 22.6 Å². The molecule has 25 heavy (non-hydrogen) atoms. The number of benzene rings is 1. The van der Waals surface area contributed by atoms with E-state index < -0.39 is 11.0 Å². The number of rotatable bonds is 6. The van der Waals surface area contributed by atoms with Crippen LogP contribution >= 0.6 is 0 Å². The zero-order valence-corrected chi connectivity index (χ0v) is 13.1. The molecule has 3 aromatic rings. The first-order chi connectivity index (χ1) is 12.1. The largest absolute Gasteiger partial charge is 0.389 e. The van der Waals surface area contributed by atoms with Gasteiger partial charge in [-0.15, -0.1) is 0 Å². The van der Waals surface area contributed by atoms with Crippen LogP contribution in [0.25, 0.3) is 0 Å². The van der Waals surface area contributed by atoms with Gasteiger partial charge >= 0.3 is 5.82 Å². The molecule has 8 heteroatoms. The van der Waals surface area contributed by atoms with Gasteiger partial charge in [0.05, 0.1) is 29.1 Å². The first kappa shape index (κ1) is 16.3. The van der Waals surface area contributed by atoms with Crippen molar-refractivity contribution in [2.24, 2.45) is 0 Å². The lowest BCUT2D eigenvalue weighted by Crippen LogP contribution is -2.32. The molecule has 0 aliphatic carbocycles. The molecule has 1 unspecified atom stereocenters. The van der Waals surface area contributed by atoms with Crippen molar-refractivity contribution < 1.29 is 9.72 Å². The Morgan fingerprint density at radius 2 is 1.92 bits per heavy atom. The SMILES string of the molecule is O=C(Cn1ccc([N+](=O)[O-])n1)NC(c1ccccc1)c1ccccn1. The van der Waals surface area contributed by atoms with Crippen molar-refractivity contribution in [1.29, 1.82) is 0 Å². The molecule has 126 valence electrons. The minimum Gasteiger partial charge on any atom is -0.358 e. The monoisotopic (exact) mass is 337 g/mol. The highest BCUT2D eigenvalue weighted by Crippen LogP contribution is 2.19. The van der Waals surface area contributed by atoms with E-state index in [1.165, 1.54) is 16.9 Å².